The van der Waals surface area contributed by atoms with Crippen molar-refractivity contribution in [2.24, 2.45) is 0 Å². The van der Waals surface area contributed by atoms with Crippen LogP contribution in [0.5, 0.6) is 0 Å². The van der Waals surface area contributed by atoms with Crippen LogP contribution in [0, 0.1) is 0 Å². The molecule has 0 amide bonds. The molecule has 0 radical (unpaired) electrons. The van der Waals surface area contributed by atoms with Crippen molar-refractivity contribution in [3.8, 4) is 0 Å². The molecule has 0 bridgehead atoms. The van der Waals surface area contributed by atoms with Crippen LogP contribution in [0.1, 0.15) is 0 Å². The van der Waals surface area contributed by atoms with Gasteiger partial charge in [-0.15, -0.1) is 0 Å². The maximum Gasteiger partial charge on any atom is 0.335 e. The summed E-state index contributed by atoms with van der Waals surface area (Å²) in [4.78, 5) is 10.9. The van der Waals surface area contributed by atoms with Crippen LogP contribution in [-0.2, 0) is 19.0 Å². The number of esters is 1. The molecule has 1 unspecified atom stereocenters. The van der Waals surface area contributed by atoms with E-state index in [0.717, 1.165) is 0 Å². The minimum absolute atomic E-state index is 0.101. The molecule has 0 aliphatic carbocycles. The van der Waals surface area contributed by atoms with Gasteiger partial charge in [0.1, 0.15) is 6.10 Å². The standard InChI is InChI=1S/C8H14O5/c1-5(7(10)11-2)6(9)8(12-3)13-4/h6,8-9H,1H2,2-4H3. The smallest absolute Gasteiger partial charge is 0.335 e. The van der Waals surface area contributed by atoms with Crippen LogP contribution < -0.4 is 0 Å². The Balaban J connectivity index is 4.31. The minimum Gasteiger partial charge on any atom is -0.466 e. The van der Waals surface area contributed by atoms with E-state index in [1.807, 2.05) is 0 Å². The van der Waals surface area contributed by atoms with Gasteiger partial charge < -0.3 is 19.3 Å². The van der Waals surface area contributed by atoms with Gasteiger partial charge in [0, 0.05) is 14.2 Å². The summed E-state index contributed by atoms with van der Waals surface area (Å²) in [5.74, 6) is -0.688. The molecule has 1 atom stereocenters. The first-order chi connectivity index (χ1) is 6.08. The second kappa shape index (κ2) is 5.69. The lowest BCUT2D eigenvalue weighted by Gasteiger charge is -2.20. The molecule has 5 heteroatoms. The van der Waals surface area contributed by atoms with E-state index in [0.29, 0.717) is 0 Å². The Bertz CT molecular complexity index is 185. The lowest BCUT2D eigenvalue weighted by atomic mass is 10.1. The van der Waals surface area contributed by atoms with Gasteiger partial charge in [-0.1, -0.05) is 6.58 Å². The Labute approximate surface area is 76.9 Å². The molecule has 0 heterocycles. The number of aliphatic hydroxyl groups is 1. The van der Waals surface area contributed by atoms with E-state index in [-0.39, 0.29) is 5.57 Å². The largest absolute Gasteiger partial charge is 0.466 e. The van der Waals surface area contributed by atoms with Crippen molar-refractivity contribution in [3.05, 3.63) is 12.2 Å². The van der Waals surface area contributed by atoms with Crippen LogP contribution in [-0.4, -0.2) is 44.8 Å². The van der Waals surface area contributed by atoms with Gasteiger partial charge in [-0.2, -0.15) is 0 Å². The zero-order valence-electron chi connectivity index (χ0n) is 7.94. The second-order valence-corrected chi connectivity index (χ2v) is 2.30. The lowest BCUT2D eigenvalue weighted by Crippen LogP contribution is -2.34. The van der Waals surface area contributed by atoms with Crippen molar-refractivity contribution in [2.45, 2.75) is 12.4 Å². The van der Waals surface area contributed by atoms with Gasteiger partial charge in [0.05, 0.1) is 12.7 Å². The Kier molecular flexibility index (Phi) is 5.29. The summed E-state index contributed by atoms with van der Waals surface area (Å²) in [6.07, 6.45) is -2.13. The van der Waals surface area contributed by atoms with E-state index in [1.165, 1.54) is 21.3 Å². The highest BCUT2D eigenvalue weighted by Crippen LogP contribution is 2.09. The SMILES string of the molecule is C=C(C(=O)OC)C(O)C(OC)OC. The maximum absolute atomic E-state index is 10.9. The van der Waals surface area contributed by atoms with E-state index in [4.69, 9.17) is 9.47 Å². The highest BCUT2D eigenvalue weighted by Gasteiger charge is 2.25. The molecule has 0 aromatic heterocycles. The number of hydrogen-bond donors (Lipinski definition) is 1. The monoisotopic (exact) mass is 190 g/mol. The molecule has 0 aromatic rings. The molecule has 1 N–H and O–H groups in total. The zero-order valence-corrected chi connectivity index (χ0v) is 7.94. The summed E-state index contributed by atoms with van der Waals surface area (Å²) in [5.41, 5.74) is -0.101. The van der Waals surface area contributed by atoms with Gasteiger partial charge in [0.25, 0.3) is 0 Å². The lowest BCUT2D eigenvalue weighted by molar-refractivity contribution is -0.161. The van der Waals surface area contributed by atoms with Crippen LogP contribution in [0.4, 0.5) is 0 Å². The first-order valence-corrected chi connectivity index (χ1v) is 3.59. The fourth-order valence-corrected chi connectivity index (χ4v) is 0.770. The first kappa shape index (κ1) is 12.1. The van der Waals surface area contributed by atoms with Crippen molar-refractivity contribution in [1.29, 1.82) is 0 Å². The molecular formula is C8H14O5. The van der Waals surface area contributed by atoms with Crippen LogP contribution in [0.3, 0.4) is 0 Å². The molecule has 0 spiro atoms. The van der Waals surface area contributed by atoms with Gasteiger partial charge >= 0.3 is 5.97 Å². The first-order valence-electron chi connectivity index (χ1n) is 3.59. The summed E-state index contributed by atoms with van der Waals surface area (Å²) >= 11 is 0. The molecule has 0 saturated heterocycles. The van der Waals surface area contributed by atoms with Crippen molar-refractivity contribution < 1.29 is 24.1 Å². The van der Waals surface area contributed by atoms with Crippen LogP contribution >= 0.6 is 0 Å². The topological polar surface area (TPSA) is 65.0 Å². The van der Waals surface area contributed by atoms with Gasteiger partial charge in [0.15, 0.2) is 6.29 Å². The number of methoxy groups -OCH3 is 3. The Morgan fingerprint density at radius 1 is 1.31 bits per heavy atom. The predicted octanol–water partition coefficient (Wildman–Crippen LogP) is -0.305. The van der Waals surface area contributed by atoms with Gasteiger partial charge in [-0.25, -0.2) is 4.79 Å². The third-order valence-electron chi connectivity index (χ3n) is 1.53. The third-order valence-corrected chi connectivity index (χ3v) is 1.53. The predicted molar refractivity (Wildman–Crippen MR) is 45.0 cm³/mol. The Morgan fingerprint density at radius 3 is 2.08 bits per heavy atom. The maximum atomic E-state index is 10.9. The zero-order chi connectivity index (χ0) is 10.4. The third kappa shape index (κ3) is 3.14. The molecular weight excluding hydrogens is 176 g/mol. The molecule has 5 nitrogen and oxygen atoms in total. The number of rotatable bonds is 5. The normalized spacial score (nSPS) is 12.7. The average Bonchev–Trinajstić information content (AvgIpc) is 2.17. The number of hydrogen-bond acceptors (Lipinski definition) is 5. The molecule has 0 rings (SSSR count). The van der Waals surface area contributed by atoms with E-state index in [2.05, 4.69) is 11.3 Å². The van der Waals surface area contributed by atoms with Crippen molar-refractivity contribution in [3.63, 3.8) is 0 Å². The highest BCUT2D eigenvalue weighted by molar-refractivity contribution is 5.88. The van der Waals surface area contributed by atoms with Crippen LogP contribution in [0.25, 0.3) is 0 Å². The number of ether oxygens (including phenoxy) is 3. The number of carbonyl (C=O) groups excluding carboxylic acids is 1. The molecule has 0 aromatic carbocycles. The van der Waals surface area contributed by atoms with Gasteiger partial charge in [0.2, 0.25) is 0 Å². The molecule has 13 heavy (non-hydrogen) atoms. The summed E-state index contributed by atoms with van der Waals surface area (Å²) in [7, 11) is 3.90. The fourth-order valence-electron chi connectivity index (χ4n) is 0.770. The summed E-state index contributed by atoms with van der Waals surface area (Å²) in [6, 6.07) is 0. The Hall–Kier alpha value is -0.910. The quantitative estimate of drug-likeness (QED) is 0.366. The van der Waals surface area contributed by atoms with E-state index < -0.39 is 18.4 Å². The van der Waals surface area contributed by atoms with E-state index in [1.54, 1.807) is 0 Å². The van der Waals surface area contributed by atoms with Gasteiger partial charge in [-0.3, -0.25) is 0 Å². The highest BCUT2D eigenvalue weighted by atomic mass is 16.7. The van der Waals surface area contributed by atoms with E-state index >= 15 is 0 Å². The van der Waals surface area contributed by atoms with Crippen LogP contribution in [0.2, 0.25) is 0 Å². The fraction of sp³-hybridized carbons (Fsp3) is 0.625. The van der Waals surface area contributed by atoms with Crippen molar-refractivity contribution in [1.82, 2.24) is 0 Å². The van der Waals surface area contributed by atoms with E-state index in [9.17, 15) is 9.90 Å². The number of carbonyl (C=O) groups is 1. The number of aliphatic hydroxyl groups excluding tert-OH is 1. The molecule has 0 aliphatic rings. The molecule has 0 saturated carbocycles. The minimum atomic E-state index is -1.22. The molecule has 0 fully saturated rings. The molecule has 0 aliphatic heterocycles. The van der Waals surface area contributed by atoms with Crippen molar-refractivity contribution >= 4 is 5.97 Å². The Morgan fingerprint density at radius 2 is 1.77 bits per heavy atom. The van der Waals surface area contributed by atoms with Crippen LogP contribution in [0.15, 0.2) is 12.2 Å². The van der Waals surface area contributed by atoms with Crippen molar-refractivity contribution in [2.75, 3.05) is 21.3 Å². The summed E-state index contributed by atoms with van der Waals surface area (Å²) in [5, 5.41) is 9.43. The summed E-state index contributed by atoms with van der Waals surface area (Å²) < 4.78 is 13.8. The average molecular weight is 190 g/mol. The second-order valence-electron chi connectivity index (χ2n) is 2.30. The van der Waals surface area contributed by atoms with Gasteiger partial charge in [-0.05, 0) is 0 Å². The molecule has 76 valence electrons. The summed E-state index contributed by atoms with van der Waals surface area (Å²) in [6.45, 7) is 3.36.